The summed E-state index contributed by atoms with van der Waals surface area (Å²) >= 11 is 0. The number of phosphoric acid groups is 2. The highest BCUT2D eigenvalue weighted by atomic mass is 31.2. The Kier molecular flexibility index (Phi) is 8.43. The Hall–Kier alpha value is -2.99. The zero-order valence-corrected chi connectivity index (χ0v) is 23.1. The van der Waals surface area contributed by atoms with Crippen LogP contribution in [0.25, 0.3) is 11.2 Å². The highest BCUT2D eigenvalue weighted by Crippen LogP contribution is 2.50. The lowest BCUT2D eigenvalue weighted by molar-refractivity contribution is -0.0261. The van der Waals surface area contributed by atoms with E-state index in [4.69, 9.17) is 35.0 Å². The third kappa shape index (κ3) is 7.45. The molecule has 1 saturated heterocycles. The lowest BCUT2D eigenvalue weighted by atomic mass is 10.1. The van der Waals surface area contributed by atoms with Gasteiger partial charge in [0.2, 0.25) is 5.95 Å². The Balaban J connectivity index is 1.19. The number of ether oxygens (including phenoxy) is 1. The molecule has 19 nitrogen and oxygen atoms in total. The topological polar surface area (TPSA) is 285 Å². The van der Waals surface area contributed by atoms with Crippen LogP contribution in [0.1, 0.15) is 31.9 Å². The molecule has 0 bridgehead atoms. The highest BCUT2D eigenvalue weighted by molar-refractivity contribution is 7.47. The molecule has 41 heavy (non-hydrogen) atoms. The molecule has 1 aliphatic heterocycles. The van der Waals surface area contributed by atoms with Crippen molar-refractivity contribution in [1.82, 2.24) is 29.5 Å². The van der Waals surface area contributed by atoms with Gasteiger partial charge < -0.3 is 36.2 Å². The van der Waals surface area contributed by atoms with Gasteiger partial charge in [0, 0.05) is 18.0 Å². The fraction of sp³-hybridized carbons (Fsp3) is 0.550. The summed E-state index contributed by atoms with van der Waals surface area (Å²) in [5, 5.41) is 3.10. The van der Waals surface area contributed by atoms with Crippen LogP contribution in [-0.2, 0) is 27.4 Å². The van der Waals surface area contributed by atoms with Crippen LogP contribution < -0.4 is 22.3 Å². The molecule has 0 spiro atoms. The predicted octanol–water partition coefficient (Wildman–Crippen LogP) is 0.254. The zero-order chi connectivity index (χ0) is 29.4. The minimum atomic E-state index is -4.79. The van der Waals surface area contributed by atoms with E-state index >= 15 is 0 Å². The molecule has 0 radical (unpaired) electrons. The monoisotopic (exact) mass is 617 g/mol. The molecule has 1 aliphatic carbocycles. The molecule has 1 saturated carbocycles. The van der Waals surface area contributed by atoms with Gasteiger partial charge in [-0.2, -0.15) is 4.98 Å². The summed E-state index contributed by atoms with van der Waals surface area (Å²) in [6, 6.07) is 1.15. The van der Waals surface area contributed by atoms with Gasteiger partial charge in [0.05, 0.1) is 31.7 Å². The number of anilines is 3. The van der Waals surface area contributed by atoms with E-state index in [0.29, 0.717) is 18.7 Å². The van der Waals surface area contributed by atoms with Crippen LogP contribution in [0.4, 0.5) is 17.6 Å². The lowest BCUT2D eigenvalue weighted by Gasteiger charge is -2.23. The van der Waals surface area contributed by atoms with Crippen molar-refractivity contribution in [2.45, 2.75) is 50.2 Å². The van der Waals surface area contributed by atoms with Crippen LogP contribution in [0.3, 0.4) is 0 Å². The summed E-state index contributed by atoms with van der Waals surface area (Å²) in [4.78, 5) is 59.2. The average molecular weight is 617 g/mol. The van der Waals surface area contributed by atoms with Crippen molar-refractivity contribution in [3.63, 3.8) is 0 Å². The number of hydrogen-bond acceptors (Lipinski definition) is 14. The van der Waals surface area contributed by atoms with Gasteiger partial charge in [0.15, 0.2) is 11.2 Å². The molecule has 0 aromatic carbocycles. The third-order valence-corrected chi connectivity index (χ3v) is 8.16. The normalized spacial score (nSPS) is 26.4. The van der Waals surface area contributed by atoms with Crippen molar-refractivity contribution >= 4 is 44.4 Å². The summed E-state index contributed by atoms with van der Waals surface area (Å²) in [5.74, 6) is -0.0967. The Morgan fingerprint density at radius 1 is 1.12 bits per heavy atom. The van der Waals surface area contributed by atoms with E-state index in [1.54, 1.807) is 4.57 Å². The Bertz CT molecular complexity index is 1550. The van der Waals surface area contributed by atoms with E-state index in [9.17, 15) is 18.8 Å². The Morgan fingerprint density at radius 3 is 2.68 bits per heavy atom. The number of nitrogens with two attached hydrogens (primary N) is 2. The van der Waals surface area contributed by atoms with Crippen molar-refractivity contribution in [3.05, 3.63) is 29.1 Å². The van der Waals surface area contributed by atoms with Gasteiger partial charge in [0.25, 0.3) is 5.56 Å². The largest absolute Gasteiger partial charge is 0.472 e. The summed E-state index contributed by atoms with van der Waals surface area (Å²) in [6.45, 7) is -0.710. The number of H-pyrrole nitrogens is 1. The fourth-order valence-electron chi connectivity index (χ4n) is 4.91. The second kappa shape index (κ2) is 11.7. The minimum absolute atomic E-state index is 0.0736. The number of hydrogen-bond donors (Lipinski definition) is 7. The lowest BCUT2D eigenvalue weighted by Crippen LogP contribution is -2.23. The molecule has 6 atom stereocenters. The second-order valence-corrected chi connectivity index (χ2v) is 12.3. The molecule has 0 amide bonds. The van der Waals surface area contributed by atoms with E-state index in [1.165, 1.54) is 18.7 Å². The zero-order valence-electron chi connectivity index (χ0n) is 21.3. The maximum absolute atomic E-state index is 12.9. The smallest absolute Gasteiger partial charge is 0.384 e. The second-order valence-electron chi connectivity index (χ2n) is 9.66. The molecular weight excluding hydrogens is 588 g/mol. The number of aromatic amines is 1. The maximum atomic E-state index is 12.9. The van der Waals surface area contributed by atoms with E-state index in [2.05, 4.69) is 34.8 Å². The van der Waals surface area contributed by atoms with Crippen LogP contribution in [0, 0.1) is 5.92 Å². The van der Waals surface area contributed by atoms with Crippen LogP contribution >= 0.6 is 15.6 Å². The first-order chi connectivity index (χ1) is 19.3. The van der Waals surface area contributed by atoms with Gasteiger partial charge in [-0.05, 0) is 25.7 Å². The van der Waals surface area contributed by atoms with Gasteiger partial charge in [-0.3, -0.25) is 27.9 Å². The quantitative estimate of drug-likeness (QED) is 0.142. The Morgan fingerprint density at radius 2 is 1.93 bits per heavy atom. The SMILES string of the molecule is Nc1cc(N[C@@H]2C[C@H](COP(=O)(O)O)[C@@H](OP(=O)(O)OC[C@@H]3CC[C@H](n4cnc5c(=O)[nH]c(N)nc54)O3)C2)ncn1. The fourth-order valence-corrected chi connectivity index (χ4v) is 6.31. The van der Waals surface area contributed by atoms with Crippen LogP contribution in [0.15, 0.2) is 23.5 Å². The highest BCUT2D eigenvalue weighted by Gasteiger charge is 2.42. The van der Waals surface area contributed by atoms with E-state index in [-0.39, 0.29) is 48.4 Å². The van der Waals surface area contributed by atoms with Crippen LogP contribution in [-0.4, -0.2) is 75.6 Å². The maximum Gasteiger partial charge on any atom is 0.472 e. The number of fused-ring (bicyclic) bond motifs is 1. The molecule has 2 fully saturated rings. The van der Waals surface area contributed by atoms with Crippen molar-refractivity contribution in [2.24, 2.45) is 5.92 Å². The number of nitrogens with one attached hydrogen (secondary N) is 2. The molecule has 21 heteroatoms. The molecule has 3 aromatic rings. The number of phosphoric ester groups is 2. The standard InChI is InChI=1S/C20H29N9O10P2/c21-14-5-15(24-8-23-14)26-11-3-10(6-36-40(31,32)33)13(4-11)39-41(34,35)37-7-12-1-2-16(38-12)29-9-25-17-18(29)27-20(22)28-19(17)30/h5,8-13,16H,1-4,6-7H2,(H,34,35)(H2,31,32,33)(H3,21,23,24,26)(H3,22,27,28,30)/t10-,11-,12+,13+,16-/m1/s1. The third-order valence-electron chi connectivity index (χ3n) is 6.67. The molecule has 1 unspecified atom stereocenters. The van der Waals surface area contributed by atoms with Gasteiger partial charge >= 0.3 is 15.6 Å². The molecule has 5 rings (SSSR count). The molecule has 9 N–H and O–H groups in total. The summed E-state index contributed by atoms with van der Waals surface area (Å²) < 4.78 is 46.9. The molecular formula is C20H29N9O10P2. The Labute approximate surface area is 231 Å². The molecule has 4 heterocycles. The van der Waals surface area contributed by atoms with Crippen LogP contribution in [0.5, 0.6) is 0 Å². The number of rotatable bonds is 11. The molecule has 3 aromatic heterocycles. The summed E-state index contributed by atoms with van der Waals surface area (Å²) in [7, 11) is -9.43. The van der Waals surface area contributed by atoms with Crippen molar-refractivity contribution in [3.8, 4) is 0 Å². The van der Waals surface area contributed by atoms with Crippen molar-refractivity contribution in [2.75, 3.05) is 30.0 Å². The summed E-state index contributed by atoms with van der Waals surface area (Å²) in [5.41, 5.74) is 11.2. The van der Waals surface area contributed by atoms with E-state index in [1.807, 2.05) is 0 Å². The summed E-state index contributed by atoms with van der Waals surface area (Å²) in [6.07, 6.45) is 1.97. The average Bonchev–Trinajstić information content (AvgIpc) is 3.59. The first-order valence-corrected chi connectivity index (χ1v) is 15.5. The number of imidazole rings is 1. The van der Waals surface area contributed by atoms with Gasteiger partial charge in [-0.1, -0.05) is 0 Å². The molecule has 224 valence electrons. The predicted molar refractivity (Wildman–Crippen MR) is 141 cm³/mol. The van der Waals surface area contributed by atoms with Crippen molar-refractivity contribution in [1.29, 1.82) is 0 Å². The number of nitrogens with zero attached hydrogens (tertiary/aromatic N) is 5. The van der Waals surface area contributed by atoms with Crippen molar-refractivity contribution < 1.29 is 42.1 Å². The first kappa shape index (κ1) is 29.5. The number of aromatic nitrogens is 6. The first-order valence-electron chi connectivity index (χ1n) is 12.4. The van der Waals surface area contributed by atoms with Gasteiger partial charge in [-0.15, -0.1) is 0 Å². The van der Waals surface area contributed by atoms with Gasteiger partial charge in [0.1, 0.15) is 24.2 Å². The minimum Gasteiger partial charge on any atom is -0.384 e. The molecule has 2 aliphatic rings. The van der Waals surface area contributed by atoms with Gasteiger partial charge in [-0.25, -0.2) is 24.1 Å². The number of nitrogen functional groups attached to an aromatic ring is 2. The van der Waals surface area contributed by atoms with E-state index in [0.717, 1.165) is 0 Å². The van der Waals surface area contributed by atoms with Crippen LogP contribution in [0.2, 0.25) is 0 Å². The van der Waals surface area contributed by atoms with E-state index < -0.39 is 52.2 Å².